The Hall–Kier alpha value is -2.10. The van der Waals surface area contributed by atoms with Gasteiger partial charge in [0.2, 0.25) is 0 Å². The molecule has 0 aromatic heterocycles. The summed E-state index contributed by atoms with van der Waals surface area (Å²) in [4.78, 5) is 22.4. The number of carbonyl (C=O) groups is 2. The molecule has 0 saturated carbocycles. The zero-order chi connectivity index (χ0) is 20.8. The van der Waals surface area contributed by atoms with Crippen LogP contribution in [0.15, 0.2) is 29.8 Å². The van der Waals surface area contributed by atoms with E-state index in [9.17, 15) is 9.59 Å². The lowest BCUT2D eigenvalue weighted by Gasteiger charge is -2.17. The van der Waals surface area contributed by atoms with Gasteiger partial charge < -0.3 is 9.47 Å². The molecule has 0 aliphatic rings. The van der Waals surface area contributed by atoms with Gasteiger partial charge in [-0.05, 0) is 37.0 Å². The highest BCUT2D eigenvalue weighted by Crippen LogP contribution is 2.16. The Labute approximate surface area is 170 Å². The quantitative estimate of drug-likeness (QED) is 0.228. The van der Waals surface area contributed by atoms with Crippen molar-refractivity contribution < 1.29 is 19.1 Å². The van der Waals surface area contributed by atoms with E-state index in [0.29, 0.717) is 5.57 Å². The molecule has 156 valence electrons. The molecule has 28 heavy (non-hydrogen) atoms. The Bertz CT molecular complexity index is 600. The average Bonchev–Trinajstić information content (AvgIpc) is 2.64. The lowest BCUT2D eigenvalue weighted by molar-refractivity contribution is -0.177. The van der Waals surface area contributed by atoms with Gasteiger partial charge in [0, 0.05) is 19.4 Å². The monoisotopic (exact) mass is 388 g/mol. The van der Waals surface area contributed by atoms with Crippen molar-refractivity contribution in [3.8, 4) is 0 Å². The van der Waals surface area contributed by atoms with Gasteiger partial charge in [0.15, 0.2) is 0 Å². The summed E-state index contributed by atoms with van der Waals surface area (Å²) in [7, 11) is 0. The third-order valence-electron chi connectivity index (χ3n) is 4.61. The largest absolute Gasteiger partial charge is 0.421 e. The van der Waals surface area contributed by atoms with E-state index >= 15 is 0 Å². The molecule has 0 N–H and O–H groups in total. The van der Waals surface area contributed by atoms with Crippen LogP contribution in [0.1, 0.15) is 90.2 Å². The van der Waals surface area contributed by atoms with E-state index in [1.807, 2.05) is 18.2 Å². The molecule has 0 amide bonds. The number of hydrogen-bond donors (Lipinski definition) is 0. The Kier molecular flexibility index (Phi) is 11.9. The number of aryl methyl sites for hydroxylation is 1. The molecular formula is C24H36O4. The maximum absolute atomic E-state index is 11.2. The fourth-order valence-electron chi connectivity index (χ4n) is 3.09. The maximum atomic E-state index is 11.2. The summed E-state index contributed by atoms with van der Waals surface area (Å²) in [5.41, 5.74) is 2.99. The number of carbonyl (C=O) groups excluding carboxylic acids is 2. The number of hydrogen-bond acceptors (Lipinski definition) is 4. The van der Waals surface area contributed by atoms with Crippen LogP contribution in [0.4, 0.5) is 0 Å². The summed E-state index contributed by atoms with van der Waals surface area (Å²) in [6.07, 6.45) is 12.6. The number of rotatable bonds is 13. The van der Waals surface area contributed by atoms with Gasteiger partial charge in [-0.3, -0.25) is 9.59 Å². The molecule has 0 aliphatic heterocycles. The zero-order valence-corrected chi connectivity index (χ0v) is 18.0. The van der Waals surface area contributed by atoms with E-state index in [-0.39, 0.29) is 0 Å². The molecule has 0 spiro atoms. The van der Waals surface area contributed by atoms with Crippen molar-refractivity contribution in [2.45, 2.75) is 91.8 Å². The summed E-state index contributed by atoms with van der Waals surface area (Å²) in [6, 6.07) is 8.35. The van der Waals surface area contributed by atoms with Gasteiger partial charge in [-0.15, -0.1) is 0 Å². The molecule has 0 atom stereocenters. The molecule has 1 aromatic carbocycles. The molecule has 4 nitrogen and oxygen atoms in total. The Morgan fingerprint density at radius 1 is 0.821 bits per heavy atom. The van der Waals surface area contributed by atoms with Crippen LogP contribution in [0.2, 0.25) is 0 Å². The van der Waals surface area contributed by atoms with Crippen molar-refractivity contribution >= 4 is 18.0 Å². The maximum Gasteiger partial charge on any atom is 0.305 e. The lowest BCUT2D eigenvalue weighted by Crippen LogP contribution is -2.23. The van der Waals surface area contributed by atoms with Crippen molar-refractivity contribution in [3.63, 3.8) is 0 Å². The number of ether oxygens (including phenoxy) is 2. The van der Waals surface area contributed by atoms with Crippen molar-refractivity contribution in [1.29, 1.82) is 0 Å². The number of benzene rings is 1. The molecule has 0 unspecified atom stereocenters. The summed E-state index contributed by atoms with van der Waals surface area (Å²) in [6.45, 7) is 6.62. The summed E-state index contributed by atoms with van der Waals surface area (Å²) >= 11 is 0. The minimum atomic E-state index is -0.980. The molecule has 0 heterocycles. The van der Waals surface area contributed by atoms with Gasteiger partial charge in [-0.1, -0.05) is 76.1 Å². The second kappa shape index (κ2) is 14.0. The van der Waals surface area contributed by atoms with E-state index in [4.69, 9.17) is 9.47 Å². The first kappa shape index (κ1) is 23.9. The Balaban J connectivity index is 2.46. The van der Waals surface area contributed by atoms with Gasteiger partial charge in [0.05, 0.1) is 0 Å². The minimum absolute atomic E-state index is 0.486. The third-order valence-corrected chi connectivity index (χ3v) is 4.61. The average molecular weight is 389 g/mol. The van der Waals surface area contributed by atoms with Gasteiger partial charge >= 0.3 is 11.9 Å². The standard InChI is InChI=1S/C24H36O4/c1-5-6-7-8-9-10-11-12-13-22-14-16-23(17-15-22)18-19(2)24(27-20(3)25)28-21(4)26/h14-18,24H,5-13H2,1-4H3/b19-18+. The van der Waals surface area contributed by atoms with Crippen LogP contribution in [-0.4, -0.2) is 18.2 Å². The highest BCUT2D eigenvalue weighted by molar-refractivity contribution is 5.69. The van der Waals surface area contributed by atoms with E-state index in [2.05, 4.69) is 19.1 Å². The molecule has 0 bridgehead atoms. The van der Waals surface area contributed by atoms with Crippen LogP contribution in [0.5, 0.6) is 0 Å². The number of unbranched alkanes of at least 4 members (excludes halogenated alkanes) is 7. The predicted molar refractivity (Wildman–Crippen MR) is 114 cm³/mol. The topological polar surface area (TPSA) is 52.6 Å². The predicted octanol–water partition coefficient (Wildman–Crippen LogP) is 6.23. The lowest BCUT2D eigenvalue weighted by atomic mass is 10.0. The van der Waals surface area contributed by atoms with Crippen LogP contribution >= 0.6 is 0 Å². The SMILES string of the molecule is CCCCCCCCCCc1ccc(/C=C(\C)C(OC(C)=O)OC(C)=O)cc1. The summed E-state index contributed by atoms with van der Waals surface area (Å²) in [5, 5.41) is 0. The number of esters is 2. The van der Waals surface area contributed by atoms with Crippen LogP contribution in [0, 0.1) is 0 Å². The van der Waals surface area contributed by atoms with Gasteiger partial charge in [0.1, 0.15) is 0 Å². The fourth-order valence-corrected chi connectivity index (χ4v) is 3.09. The molecule has 1 rings (SSSR count). The molecule has 0 radical (unpaired) electrons. The smallest absolute Gasteiger partial charge is 0.305 e. The second-order valence-corrected chi connectivity index (χ2v) is 7.41. The zero-order valence-electron chi connectivity index (χ0n) is 18.0. The molecule has 0 aliphatic carbocycles. The third kappa shape index (κ3) is 10.9. The van der Waals surface area contributed by atoms with Crippen molar-refractivity contribution in [2.24, 2.45) is 0 Å². The van der Waals surface area contributed by atoms with Gasteiger partial charge in [-0.2, -0.15) is 0 Å². The van der Waals surface area contributed by atoms with E-state index < -0.39 is 18.2 Å². The Morgan fingerprint density at radius 2 is 1.32 bits per heavy atom. The van der Waals surface area contributed by atoms with Crippen molar-refractivity contribution in [1.82, 2.24) is 0 Å². The molecular weight excluding hydrogens is 352 g/mol. The molecule has 0 fully saturated rings. The van der Waals surface area contributed by atoms with Crippen LogP contribution in [-0.2, 0) is 25.5 Å². The first-order valence-electron chi connectivity index (χ1n) is 10.5. The second-order valence-electron chi connectivity index (χ2n) is 7.41. The first-order valence-corrected chi connectivity index (χ1v) is 10.5. The molecule has 0 saturated heterocycles. The molecule has 4 heteroatoms. The minimum Gasteiger partial charge on any atom is -0.421 e. The van der Waals surface area contributed by atoms with Gasteiger partial charge in [0.25, 0.3) is 6.29 Å². The first-order chi connectivity index (χ1) is 13.4. The van der Waals surface area contributed by atoms with Gasteiger partial charge in [-0.25, -0.2) is 0 Å². The van der Waals surface area contributed by atoms with Crippen LogP contribution in [0.25, 0.3) is 6.08 Å². The van der Waals surface area contributed by atoms with Crippen molar-refractivity contribution in [2.75, 3.05) is 0 Å². The van der Waals surface area contributed by atoms with E-state index in [0.717, 1.165) is 12.0 Å². The van der Waals surface area contributed by atoms with E-state index in [1.165, 1.54) is 70.8 Å². The molecule has 1 aromatic rings. The van der Waals surface area contributed by atoms with E-state index in [1.54, 1.807) is 6.92 Å². The fraction of sp³-hybridized carbons (Fsp3) is 0.583. The van der Waals surface area contributed by atoms with Crippen LogP contribution < -0.4 is 0 Å². The van der Waals surface area contributed by atoms with Crippen LogP contribution in [0.3, 0.4) is 0 Å². The summed E-state index contributed by atoms with van der Waals surface area (Å²) in [5.74, 6) is -0.973. The highest BCUT2D eigenvalue weighted by Gasteiger charge is 2.17. The Morgan fingerprint density at radius 3 is 1.82 bits per heavy atom. The van der Waals surface area contributed by atoms with Crippen molar-refractivity contribution in [3.05, 3.63) is 41.0 Å². The normalized spacial score (nSPS) is 11.5. The summed E-state index contributed by atoms with van der Waals surface area (Å²) < 4.78 is 10.2. The highest BCUT2D eigenvalue weighted by atomic mass is 16.7.